The van der Waals surface area contributed by atoms with Gasteiger partial charge in [-0.2, -0.15) is 0 Å². The second kappa shape index (κ2) is 7.20. The fourth-order valence-corrected chi connectivity index (χ4v) is 4.92. The molecule has 3 aromatic rings. The number of rotatable bonds is 3. The summed E-state index contributed by atoms with van der Waals surface area (Å²) in [5.41, 5.74) is 10.1. The lowest BCUT2D eigenvalue weighted by molar-refractivity contribution is 0.0632. The lowest BCUT2D eigenvalue weighted by Crippen LogP contribution is -2.42. The van der Waals surface area contributed by atoms with Gasteiger partial charge in [-0.25, -0.2) is 9.97 Å². The highest BCUT2D eigenvalue weighted by molar-refractivity contribution is 6.11. The summed E-state index contributed by atoms with van der Waals surface area (Å²) < 4.78 is 0. The highest BCUT2D eigenvalue weighted by atomic mass is 16.2. The van der Waals surface area contributed by atoms with Crippen molar-refractivity contribution < 1.29 is 9.59 Å². The maximum Gasteiger partial charge on any atom is 0.272 e. The molecule has 2 aliphatic rings. The topological polar surface area (TPSA) is 89.2 Å². The summed E-state index contributed by atoms with van der Waals surface area (Å²) in [6, 6.07) is 12.0. The molecule has 1 aliphatic heterocycles. The van der Waals surface area contributed by atoms with Crippen LogP contribution in [0.4, 0.5) is 5.95 Å². The van der Waals surface area contributed by atoms with Gasteiger partial charge in [0.25, 0.3) is 5.91 Å². The first kappa shape index (κ1) is 18.7. The van der Waals surface area contributed by atoms with E-state index in [0.717, 1.165) is 36.6 Å². The molecule has 2 aromatic carbocycles. The van der Waals surface area contributed by atoms with Crippen molar-refractivity contribution in [1.82, 2.24) is 14.9 Å². The van der Waals surface area contributed by atoms with Crippen molar-refractivity contribution in [3.63, 3.8) is 0 Å². The smallest absolute Gasteiger partial charge is 0.272 e. The third kappa shape index (κ3) is 3.12. The number of carbonyl (C=O) groups excluding carboxylic acids is 2. The number of anilines is 1. The minimum atomic E-state index is -0.207. The Bertz CT molecular complexity index is 1160. The number of ketones is 1. The maximum absolute atomic E-state index is 13.5. The molecule has 0 spiro atoms. The molecule has 2 heterocycles. The Morgan fingerprint density at radius 3 is 2.70 bits per heavy atom. The number of aromatic nitrogens is 2. The Balaban J connectivity index is 1.42. The molecule has 5 rings (SSSR count). The number of amides is 1. The molecule has 6 nitrogen and oxygen atoms in total. The Morgan fingerprint density at radius 1 is 1.10 bits per heavy atom. The normalized spacial score (nSPS) is 18.0. The molecular formula is C24H24N4O2. The summed E-state index contributed by atoms with van der Waals surface area (Å²) >= 11 is 0. The highest BCUT2D eigenvalue weighted by Crippen LogP contribution is 2.34. The van der Waals surface area contributed by atoms with E-state index in [0.29, 0.717) is 24.5 Å². The number of benzene rings is 2. The van der Waals surface area contributed by atoms with Crippen molar-refractivity contribution in [2.45, 2.75) is 32.6 Å². The predicted octanol–water partition coefficient (Wildman–Crippen LogP) is 3.35. The van der Waals surface area contributed by atoms with Gasteiger partial charge < -0.3 is 10.6 Å². The fraction of sp³-hybridized carbons (Fsp3) is 0.333. The lowest BCUT2D eigenvalue weighted by Gasteiger charge is -2.32. The van der Waals surface area contributed by atoms with E-state index < -0.39 is 0 Å². The van der Waals surface area contributed by atoms with Gasteiger partial charge in [-0.3, -0.25) is 9.59 Å². The number of aryl methyl sites for hydroxylation is 3. The van der Waals surface area contributed by atoms with E-state index in [-0.39, 0.29) is 23.6 Å². The molecule has 6 heteroatoms. The van der Waals surface area contributed by atoms with Crippen LogP contribution in [-0.2, 0) is 12.8 Å². The molecular weight excluding hydrogens is 376 g/mol. The van der Waals surface area contributed by atoms with Crippen LogP contribution < -0.4 is 5.73 Å². The number of nitrogens with zero attached hydrogens (tertiary/aromatic N) is 3. The van der Waals surface area contributed by atoms with Crippen LogP contribution in [0.1, 0.15) is 50.5 Å². The summed E-state index contributed by atoms with van der Waals surface area (Å²) in [7, 11) is 0. The summed E-state index contributed by atoms with van der Waals surface area (Å²) in [4.78, 5) is 36.3. The molecule has 1 aromatic heterocycles. The van der Waals surface area contributed by atoms with Crippen molar-refractivity contribution in [2.75, 3.05) is 18.8 Å². The predicted molar refractivity (Wildman–Crippen MR) is 115 cm³/mol. The van der Waals surface area contributed by atoms with Gasteiger partial charge in [-0.15, -0.1) is 0 Å². The molecule has 30 heavy (non-hydrogen) atoms. The molecule has 0 unspecified atom stereocenters. The molecule has 1 fully saturated rings. The fourth-order valence-electron chi connectivity index (χ4n) is 4.92. The second-order valence-electron chi connectivity index (χ2n) is 8.32. The van der Waals surface area contributed by atoms with Gasteiger partial charge in [-0.05, 0) is 60.6 Å². The zero-order valence-corrected chi connectivity index (χ0v) is 17.0. The van der Waals surface area contributed by atoms with Crippen LogP contribution in [0.3, 0.4) is 0 Å². The van der Waals surface area contributed by atoms with E-state index >= 15 is 0 Å². The van der Waals surface area contributed by atoms with Gasteiger partial charge >= 0.3 is 0 Å². The Labute approximate surface area is 175 Å². The van der Waals surface area contributed by atoms with Crippen LogP contribution >= 0.6 is 0 Å². The number of hydrogen-bond donors (Lipinski definition) is 1. The first-order chi connectivity index (χ1) is 14.5. The molecule has 1 aliphatic carbocycles. The van der Waals surface area contributed by atoms with E-state index in [9.17, 15) is 9.59 Å². The number of likely N-dealkylation sites (tertiary alicyclic amines) is 1. The van der Waals surface area contributed by atoms with Crippen LogP contribution in [0.5, 0.6) is 0 Å². The van der Waals surface area contributed by atoms with E-state index in [1.54, 1.807) is 17.9 Å². The van der Waals surface area contributed by atoms with Crippen molar-refractivity contribution in [3.8, 4) is 0 Å². The monoisotopic (exact) mass is 400 g/mol. The van der Waals surface area contributed by atoms with Crippen molar-refractivity contribution in [2.24, 2.45) is 5.92 Å². The summed E-state index contributed by atoms with van der Waals surface area (Å²) in [5.74, 6) is -0.177. The van der Waals surface area contributed by atoms with E-state index in [1.807, 2.05) is 12.1 Å². The number of piperidine rings is 1. The van der Waals surface area contributed by atoms with Gasteiger partial charge in [0.2, 0.25) is 5.95 Å². The number of carbonyl (C=O) groups is 2. The van der Waals surface area contributed by atoms with E-state index in [4.69, 9.17) is 5.73 Å². The molecule has 1 saturated heterocycles. The van der Waals surface area contributed by atoms with Crippen molar-refractivity contribution >= 4 is 28.4 Å². The van der Waals surface area contributed by atoms with Gasteiger partial charge in [-0.1, -0.05) is 30.3 Å². The molecule has 152 valence electrons. The van der Waals surface area contributed by atoms with Gasteiger partial charge in [0, 0.05) is 30.3 Å². The molecule has 1 amide bonds. The maximum atomic E-state index is 13.5. The van der Waals surface area contributed by atoms with Gasteiger partial charge in [0.15, 0.2) is 5.78 Å². The van der Waals surface area contributed by atoms with Gasteiger partial charge in [0.05, 0.1) is 0 Å². The Hall–Kier alpha value is -3.28. The summed E-state index contributed by atoms with van der Waals surface area (Å²) in [5, 5.41) is 2.30. The minimum Gasteiger partial charge on any atom is -0.368 e. The van der Waals surface area contributed by atoms with Crippen LogP contribution in [0.15, 0.2) is 36.4 Å². The van der Waals surface area contributed by atoms with Crippen molar-refractivity contribution in [1.29, 1.82) is 0 Å². The molecule has 1 atom stereocenters. The summed E-state index contributed by atoms with van der Waals surface area (Å²) in [6.45, 7) is 2.81. The quantitative estimate of drug-likeness (QED) is 0.681. The van der Waals surface area contributed by atoms with Crippen LogP contribution in [0, 0.1) is 12.8 Å². The SMILES string of the molecule is Cc1cc(C(=O)N2CCC[C@H](C(=O)c3ccc4c5c(cccc35)CC4)C2)nc(N)n1. The average molecular weight is 400 g/mol. The first-order valence-corrected chi connectivity index (χ1v) is 10.5. The third-order valence-corrected chi connectivity index (χ3v) is 6.31. The lowest BCUT2D eigenvalue weighted by atomic mass is 9.87. The number of hydrogen-bond acceptors (Lipinski definition) is 5. The average Bonchev–Trinajstić information content (AvgIpc) is 3.17. The molecule has 0 bridgehead atoms. The Kier molecular flexibility index (Phi) is 4.50. The zero-order valence-electron chi connectivity index (χ0n) is 17.0. The first-order valence-electron chi connectivity index (χ1n) is 10.5. The largest absolute Gasteiger partial charge is 0.368 e. The Morgan fingerprint density at radius 2 is 1.90 bits per heavy atom. The summed E-state index contributed by atoms with van der Waals surface area (Å²) in [6.07, 6.45) is 3.66. The second-order valence-corrected chi connectivity index (χ2v) is 8.32. The number of nitrogens with two attached hydrogens (primary N) is 1. The van der Waals surface area contributed by atoms with Crippen LogP contribution in [0.25, 0.3) is 10.8 Å². The minimum absolute atomic E-state index is 0.0934. The highest BCUT2D eigenvalue weighted by Gasteiger charge is 2.31. The zero-order chi connectivity index (χ0) is 20.8. The molecule has 0 radical (unpaired) electrons. The van der Waals surface area contributed by atoms with Crippen molar-refractivity contribution in [3.05, 3.63) is 64.5 Å². The van der Waals surface area contributed by atoms with E-state index in [1.165, 1.54) is 16.5 Å². The number of Topliss-reactive ketones (excluding diaryl/α,β-unsaturated/α-hetero) is 1. The standard InChI is InChI=1S/C24H24N4O2/c1-14-12-20(27-24(25)26-14)23(30)28-11-3-5-17(13-28)22(29)19-10-9-16-8-7-15-4-2-6-18(19)21(15)16/h2,4,6,9-10,12,17H,3,5,7-8,11,13H2,1H3,(H2,25,26,27)/t17-/m0/s1. The third-order valence-electron chi connectivity index (χ3n) is 6.31. The molecule has 0 saturated carbocycles. The van der Waals surface area contributed by atoms with Crippen LogP contribution in [-0.4, -0.2) is 39.6 Å². The van der Waals surface area contributed by atoms with Gasteiger partial charge in [0.1, 0.15) is 5.69 Å². The van der Waals surface area contributed by atoms with Crippen LogP contribution in [0.2, 0.25) is 0 Å². The van der Waals surface area contributed by atoms with E-state index in [2.05, 4.69) is 28.2 Å². The number of nitrogen functional groups attached to an aromatic ring is 1. The molecule has 2 N–H and O–H groups in total.